The third-order valence-corrected chi connectivity index (χ3v) is 4.58. The summed E-state index contributed by atoms with van der Waals surface area (Å²) in [5, 5.41) is 20.8. The van der Waals surface area contributed by atoms with Crippen LogP contribution in [0.25, 0.3) is 10.8 Å². The SMILES string of the molecule is Cc1nc(C(=O)N(C)C(C)C(=O)O)c(O)c2ccc(Oc3ccccc3)cc12. The highest BCUT2D eigenvalue weighted by molar-refractivity contribution is 6.03. The van der Waals surface area contributed by atoms with Crippen LogP contribution in [0.1, 0.15) is 23.1 Å². The van der Waals surface area contributed by atoms with E-state index in [2.05, 4.69) is 4.98 Å². The highest BCUT2D eigenvalue weighted by Gasteiger charge is 2.27. The lowest BCUT2D eigenvalue weighted by Crippen LogP contribution is -2.40. The summed E-state index contributed by atoms with van der Waals surface area (Å²) in [6.45, 7) is 3.10. The molecule has 1 heterocycles. The zero-order valence-corrected chi connectivity index (χ0v) is 15.7. The molecule has 1 aromatic heterocycles. The van der Waals surface area contributed by atoms with Crippen LogP contribution in [0.5, 0.6) is 17.2 Å². The number of carbonyl (C=O) groups excluding carboxylic acids is 1. The molecule has 28 heavy (non-hydrogen) atoms. The number of likely N-dealkylation sites (N-methyl/N-ethyl adjacent to an activating group) is 1. The minimum atomic E-state index is -1.14. The predicted octanol–water partition coefficient (Wildman–Crippen LogP) is 3.59. The number of ether oxygens (including phenoxy) is 1. The van der Waals surface area contributed by atoms with Crippen LogP contribution in [0.15, 0.2) is 48.5 Å². The quantitative estimate of drug-likeness (QED) is 0.702. The van der Waals surface area contributed by atoms with Crippen LogP contribution in [-0.2, 0) is 4.79 Å². The topological polar surface area (TPSA) is 100.0 Å². The maximum Gasteiger partial charge on any atom is 0.326 e. The first kappa shape index (κ1) is 19.2. The number of aryl methyl sites for hydroxylation is 1. The Balaban J connectivity index is 2.00. The second-order valence-electron chi connectivity index (χ2n) is 6.45. The number of amides is 1. The molecule has 0 radical (unpaired) electrons. The molecule has 0 aliphatic carbocycles. The van der Waals surface area contributed by atoms with Crippen molar-refractivity contribution in [1.82, 2.24) is 9.88 Å². The summed E-state index contributed by atoms with van der Waals surface area (Å²) in [6, 6.07) is 13.3. The van der Waals surface area contributed by atoms with E-state index >= 15 is 0 Å². The van der Waals surface area contributed by atoms with Gasteiger partial charge in [0, 0.05) is 23.5 Å². The normalized spacial score (nSPS) is 11.8. The van der Waals surface area contributed by atoms with Crippen LogP contribution in [0.2, 0.25) is 0 Å². The van der Waals surface area contributed by atoms with Crippen molar-refractivity contribution in [1.29, 1.82) is 0 Å². The summed E-state index contributed by atoms with van der Waals surface area (Å²) in [6.07, 6.45) is 0. The first-order valence-electron chi connectivity index (χ1n) is 8.65. The number of rotatable bonds is 5. The van der Waals surface area contributed by atoms with E-state index in [1.165, 1.54) is 14.0 Å². The van der Waals surface area contributed by atoms with Crippen molar-refractivity contribution < 1.29 is 24.5 Å². The van der Waals surface area contributed by atoms with E-state index < -0.39 is 17.9 Å². The van der Waals surface area contributed by atoms with Crippen molar-refractivity contribution in [3.05, 3.63) is 59.9 Å². The van der Waals surface area contributed by atoms with Gasteiger partial charge in [-0.15, -0.1) is 0 Å². The van der Waals surface area contributed by atoms with Crippen LogP contribution in [0.3, 0.4) is 0 Å². The number of aliphatic carboxylic acids is 1. The Hall–Kier alpha value is -3.61. The molecule has 1 atom stereocenters. The zero-order chi connectivity index (χ0) is 20.4. The molecule has 2 N–H and O–H groups in total. The molecule has 7 nitrogen and oxygen atoms in total. The third kappa shape index (κ3) is 3.59. The number of aromatic nitrogens is 1. The molecule has 3 aromatic rings. The molecular weight excluding hydrogens is 360 g/mol. The van der Waals surface area contributed by atoms with Gasteiger partial charge in [0.1, 0.15) is 17.5 Å². The molecular formula is C21H20N2O5. The van der Waals surface area contributed by atoms with Gasteiger partial charge in [-0.3, -0.25) is 4.79 Å². The van der Waals surface area contributed by atoms with Crippen molar-refractivity contribution in [3.63, 3.8) is 0 Å². The summed E-state index contributed by atoms with van der Waals surface area (Å²) < 4.78 is 5.81. The molecule has 3 rings (SSSR count). The highest BCUT2D eigenvalue weighted by atomic mass is 16.5. The molecule has 1 amide bonds. The number of hydrogen-bond donors (Lipinski definition) is 2. The van der Waals surface area contributed by atoms with Crippen LogP contribution in [0.4, 0.5) is 0 Å². The van der Waals surface area contributed by atoms with Gasteiger partial charge in [0.15, 0.2) is 11.4 Å². The minimum Gasteiger partial charge on any atom is -0.505 e. The van der Waals surface area contributed by atoms with Crippen molar-refractivity contribution in [2.75, 3.05) is 7.05 Å². The average molecular weight is 380 g/mol. The van der Waals surface area contributed by atoms with Gasteiger partial charge >= 0.3 is 5.97 Å². The van der Waals surface area contributed by atoms with Crippen LogP contribution in [-0.4, -0.2) is 45.1 Å². The van der Waals surface area contributed by atoms with Crippen LogP contribution < -0.4 is 4.74 Å². The average Bonchev–Trinajstić information content (AvgIpc) is 2.69. The number of benzene rings is 2. The summed E-state index contributed by atoms with van der Waals surface area (Å²) in [7, 11) is 1.36. The number of nitrogens with zero attached hydrogens (tertiary/aromatic N) is 2. The molecule has 2 aromatic carbocycles. The molecule has 0 aliphatic rings. The van der Waals surface area contributed by atoms with Crippen molar-refractivity contribution in [2.45, 2.75) is 19.9 Å². The van der Waals surface area contributed by atoms with Crippen molar-refractivity contribution >= 4 is 22.6 Å². The number of pyridine rings is 1. The Bertz CT molecular complexity index is 1050. The molecule has 1 unspecified atom stereocenters. The van der Waals surface area contributed by atoms with E-state index in [9.17, 15) is 14.7 Å². The standard InChI is InChI=1S/C21H20N2O5/c1-12-17-11-15(28-14-7-5-4-6-8-14)9-10-16(17)19(24)18(22-12)20(25)23(3)13(2)21(26)27/h4-11,13,24H,1-3H3,(H,26,27). The first-order valence-corrected chi connectivity index (χ1v) is 8.65. The molecule has 0 saturated heterocycles. The second-order valence-corrected chi connectivity index (χ2v) is 6.45. The number of carboxylic acid groups (broad SMARTS) is 1. The Morgan fingerprint density at radius 3 is 2.39 bits per heavy atom. The van der Waals surface area contributed by atoms with Crippen molar-refractivity contribution in [2.24, 2.45) is 0 Å². The fourth-order valence-corrected chi connectivity index (χ4v) is 2.78. The summed E-state index contributed by atoms with van der Waals surface area (Å²) >= 11 is 0. The van der Waals surface area contributed by atoms with Gasteiger partial charge in [0.05, 0.1) is 0 Å². The number of para-hydroxylation sites is 1. The van der Waals surface area contributed by atoms with Gasteiger partial charge in [-0.25, -0.2) is 9.78 Å². The van der Waals surface area contributed by atoms with E-state index in [0.717, 1.165) is 4.90 Å². The predicted molar refractivity (Wildman–Crippen MR) is 104 cm³/mol. The molecule has 0 saturated carbocycles. The summed E-state index contributed by atoms with van der Waals surface area (Å²) in [4.78, 5) is 29.0. The maximum atomic E-state index is 12.6. The van der Waals surface area contributed by atoms with Gasteiger partial charge in [-0.1, -0.05) is 18.2 Å². The molecule has 0 spiro atoms. The molecule has 0 fully saturated rings. The van der Waals surface area contributed by atoms with Gasteiger partial charge in [0.2, 0.25) is 0 Å². The Morgan fingerprint density at radius 2 is 1.75 bits per heavy atom. The lowest BCUT2D eigenvalue weighted by atomic mass is 10.1. The molecule has 0 bridgehead atoms. The second kappa shape index (κ2) is 7.56. The largest absolute Gasteiger partial charge is 0.505 e. The first-order chi connectivity index (χ1) is 13.3. The van der Waals surface area contributed by atoms with E-state index in [0.29, 0.717) is 28.0 Å². The number of fused-ring (bicyclic) bond motifs is 1. The minimum absolute atomic E-state index is 0.183. The zero-order valence-electron chi connectivity index (χ0n) is 15.7. The maximum absolute atomic E-state index is 12.6. The van der Waals surface area contributed by atoms with E-state index in [4.69, 9.17) is 9.84 Å². The molecule has 144 valence electrons. The highest BCUT2D eigenvalue weighted by Crippen LogP contribution is 2.34. The van der Waals surface area contributed by atoms with Crippen LogP contribution >= 0.6 is 0 Å². The smallest absolute Gasteiger partial charge is 0.326 e. The Labute approximate surface area is 161 Å². The Kier molecular flexibility index (Phi) is 5.17. The fraction of sp³-hybridized carbons (Fsp3) is 0.190. The van der Waals surface area contributed by atoms with Gasteiger partial charge in [-0.2, -0.15) is 0 Å². The molecule has 7 heteroatoms. The summed E-state index contributed by atoms with van der Waals surface area (Å²) in [5.41, 5.74) is 0.336. The van der Waals surface area contributed by atoms with E-state index in [-0.39, 0.29) is 11.4 Å². The van der Waals surface area contributed by atoms with Gasteiger partial charge in [-0.05, 0) is 44.2 Å². The number of hydrogen-bond acceptors (Lipinski definition) is 5. The third-order valence-electron chi connectivity index (χ3n) is 4.58. The van der Waals surface area contributed by atoms with E-state index in [1.807, 2.05) is 30.3 Å². The Morgan fingerprint density at radius 1 is 1.07 bits per heavy atom. The lowest BCUT2D eigenvalue weighted by Gasteiger charge is -2.22. The molecule has 0 aliphatic heterocycles. The van der Waals surface area contributed by atoms with Crippen LogP contribution in [0, 0.1) is 6.92 Å². The summed E-state index contributed by atoms with van der Waals surface area (Å²) in [5.74, 6) is -0.856. The number of carboxylic acids is 1. The van der Waals surface area contributed by atoms with Crippen molar-refractivity contribution in [3.8, 4) is 17.2 Å². The van der Waals surface area contributed by atoms with Gasteiger partial charge < -0.3 is 19.8 Å². The number of aromatic hydroxyl groups is 1. The van der Waals surface area contributed by atoms with E-state index in [1.54, 1.807) is 25.1 Å². The number of carbonyl (C=O) groups is 2. The fourth-order valence-electron chi connectivity index (χ4n) is 2.78. The lowest BCUT2D eigenvalue weighted by molar-refractivity contribution is -0.141. The monoisotopic (exact) mass is 380 g/mol. The van der Waals surface area contributed by atoms with Gasteiger partial charge in [0.25, 0.3) is 5.91 Å².